The SMILES string of the molecule is C[C@@H]1CS(=O)(=O)N(c2ccc(C(=O)NCc3ccco3)cc2)C1=O. The van der Waals surface area contributed by atoms with Gasteiger partial charge in [0.15, 0.2) is 0 Å². The summed E-state index contributed by atoms with van der Waals surface area (Å²) in [6.07, 6.45) is 1.52. The van der Waals surface area contributed by atoms with Crippen molar-refractivity contribution in [3.05, 3.63) is 54.0 Å². The van der Waals surface area contributed by atoms with E-state index in [1.165, 1.54) is 30.5 Å². The van der Waals surface area contributed by atoms with Gasteiger partial charge >= 0.3 is 0 Å². The molecule has 3 rings (SSSR count). The van der Waals surface area contributed by atoms with E-state index in [-0.39, 0.29) is 23.9 Å². The van der Waals surface area contributed by atoms with Crippen molar-refractivity contribution in [2.24, 2.45) is 5.92 Å². The molecule has 1 fully saturated rings. The van der Waals surface area contributed by atoms with Gasteiger partial charge in [-0.15, -0.1) is 0 Å². The fourth-order valence-electron chi connectivity index (χ4n) is 2.52. The second kappa shape index (κ2) is 6.12. The van der Waals surface area contributed by atoms with Gasteiger partial charge in [0.2, 0.25) is 15.9 Å². The average Bonchev–Trinajstić information content (AvgIpc) is 3.12. The molecule has 1 atom stereocenters. The normalized spacial score (nSPS) is 19.5. The number of carbonyl (C=O) groups excluding carboxylic acids is 2. The second-order valence-corrected chi connectivity index (χ2v) is 7.45. The van der Waals surface area contributed by atoms with Crippen molar-refractivity contribution in [3.8, 4) is 0 Å². The number of nitrogens with one attached hydrogen (secondary N) is 1. The first-order valence-electron chi connectivity index (χ1n) is 7.36. The van der Waals surface area contributed by atoms with Crippen LogP contribution in [0.3, 0.4) is 0 Å². The predicted molar refractivity (Wildman–Crippen MR) is 86.8 cm³/mol. The number of rotatable bonds is 4. The minimum absolute atomic E-state index is 0.197. The summed E-state index contributed by atoms with van der Waals surface area (Å²) in [5.74, 6) is -0.905. The predicted octanol–water partition coefficient (Wildman–Crippen LogP) is 1.52. The van der Waals surface area contributed by atoms with Gasteiger partial charge in [-0.2, -0.15) is 0 Å². The summed E-state index contributed by atoms with van der Waals surface area (Å²) in [7, 11) is -3.64. The highest BCUT2D eigenvalue weighted by molar-refractivity contribution is 7.94. The lowest BCUT2D eigenvalue weighted by molar-refractivity contribution is -0.119. The molecular weight excluding hydrogens is 332 g/mol. The first-order chi connectivity index (χ1) is 11.4. The fraction of sp³-hybridized carbons (Fsp3) is 0.250. The zero-order chi connectivity index (χ0) is 17.3. The highest BCUT2D eigenvalue weighted by atomic mass is 32.2. The smallest absolute Gasteiger partial charge is 0.251 e. The Kier molecular flexibility index (Phi) is 4.15. The number of anilines is 1. The van der Waals surface area contributed by atoms with Crippen molar-refractivity contribution in [2.75, 3.05) is 10.1 Å². The lowest BCUT2D eigenvalue weighted by Crippen LogP contribution is -2.30. The summed E-state index contributed by atoms with van der Waals surface area (Å²) in [4.78, 5) is 24.1. The Hall–Kier alpha value is -2.61. The van der Waals surface area contributed by atoms with Gasteiger partial charge in [-0.25, -0.2) is 12.7 Å². The molecule has 1 saturated heterocycles. The van der Waals surface area contributed by atoms with E-state index in [4.69, 9.17) is 4.42 Å². The molecule has 8 heteroatoms. The van der Waals surface area contributed by atoms with Crippen molar-refractivity contribution in [1.29, 1.82) is 0 Å². The number of nitrogens with zero attached hydrogens (tertiary/aromatic N) is 1. The number of sulfonamides is 1. The summed E-state index contributed by atoms with van der Waals surface area (Å²) in [5, 5.41) is 2.69. The monoisotopic (exact) mass is 348 g/mol. The lowest BCUT2D eigenvalue weighted by Gasteiger charge is -2.15. The third-order valence-corrected chi connectivity index (χ3v) is 5.60. The molecular formula is C16H16N2O5S. The number of carbonyl (C=O) groups is 2. The van der Waals surface area contributed by atoms with Crippen LogP contribution in [0.5, 0.6) is 0 Å². The number of hydrogen-bond acceptors (Lipinski definition) is 5. The van der Waals surface area contributed by atoms with Gasteiger partial charge in [-0.3, -0.25) is 9.59 Å². The number of benzene rings is 1. The molecule has 0 spiro atoms. The zero-order valence-electron chi connectivity index (χ0n) is 12.9. The Morgan fingerprint density at radius 2 is 2.00 bits per heavy atom. The molecule has 1 aromatic carbocycles. The first-order valence-corrected chi connectivity index (χ1v) is 8.97. The van der Waals surface area contributed by atoms with Gasteiger partial charge in [-0.1, -0.05) is 6.92 Å². The van der Waals surface area contributed by atoms with Crippen LogP contribution in [0.1, 0.15) is 23.0 Å². The van der Waals surface area contributed by atoms with Crippen LogP contribution in [0.2, 0.25) is 0 Å². The Labute approximate surface area is 139 Å². The van der Waals surface area contributed by atoms with Crippen LogP contribution in [-0.2, 0) is 21.4 Å². The van der Waals surface area contributed by atoms with Crippen molar-refractivity contribution >= 4 is 27.5 Å². The van der Waals surface area contributed by atoms with E-state index >= 15 is 0 Å². The molecule has 1 N–H and O–H groups in total. The maximum atomic E-state index is 12.1. The van der Waals surface area contributed by atoms with Crippen LogP contribution in [0.15, 0.2) is 47.1 Å². The third-order valence-electron chi connectivity index (χ3n) is 3.73. The third kappa shape index (κ3) is 3.05. The molecule has 2 aromatic rings. The minimum Gasteiger partial charge on any atom is -0.467 e. The maximum absolute atomic E-state index is 12.1. The first kappa shape index (κ1) is 16.3. The standard InChI is InChI=1S/C16H16N2O5S/c1-11-10-24(21,22)18(16(11)20)13-6-4-12(5-7-13)15(19)17-9-14-3-2-8-23-14/h2-8,11H,9-10H2,1H3,(H,17,19)/t11-/m1/s1. The summed E-state index contributed by atoms with van der Waals surface area (Å²) < 4.78 is 30.0. The number of hydrogen-bond donors (Lipinski definition) is 1. The number of furan rings is 1. The van der Waals surface area contributed by atoms with Crippen LogP contribution in [0, 0.1) is 5.92 Å². The Bertz CT molecular complexity index is 856. The molecule has 2 heterocycles. The largest absolute Gasteiger partial charge is 0.467 e. The molecule has 24 heavy (non-hydrogen) atoms. The zero-order valence-corrected chi connectivity index (χ0v) is 13.7. The average molecular weight is 348 g/mol. The van der Waals surface area contributed by atoms with Crippen LogP contribution in [0.4, 0.5) is 5.69 Å². The van der Waals surface area contributed by atoms with E-state index < -0.39 is 21.8 Å². The summed E-state index contributed by atoms with van der Waals surface area (Å²) >= 11 is 0. The van der Waals surface area contributed by atoms with Crippen LogP contribution >= 0.6 is 0 Å². The molecule has 2 amide bonds. The molecule has 126 valence electrons. The van der Waals surface area contributed by atoms with E-state index in [2.05, 4.69) is 5.32 Å². The summed E-state index contributed by atoms with van der Waals surface area (Å²) in [6.45, 7) is 1.83. The van der Waals surface area contributed by atoms with E-state index in [0.717, 1.165) is 4.31 Å². The van der Waals surface area contributed by atoms with Gasteiger partial charge < -0.3 is 9.73 Å². The van der Waals surface area contributed by atoms with Gasteiger partial charge in [0.25, 0.3) is 5.91 Å². The van der Waals surface area contributed by atoms with E-state index in [1.54, 1.807) is 19.1 Å². The molecule has 1 aliphatic heterocycles. The van der Waals surface area contributed by atoms with Crippen molar-refractivity contribution in [1.82, 2.24) is 5.32 Å². The van der Waals surface area contributed by atoms with E-state index in [1.807, 2.05) is 0 Å². The minimum atomic E-state index is -3.64. The molecule has 0 aliphatic carbocycles. The number of amides is 2. The van der Waals surface area contributed by atoms with Crippen LogP contribution < -0.4 is 9.62 Å². The van der Waals surface area contributed by atoms with E-state index in [9.17, 15) is 18.0 Å². The van der Waals surface area contributed by atoms with Crippen LogP contribution in [0.25, 0.3) is 0 Å². The van der Waals surface area contributed by atoms with Crippen LogP contribution in [-0.4, -0.2) is 26.0 Å². The Morgan fingerprint density at radius 1 is 1.29 bits per heavy atom. The van der Waals surface area contributed by atoms with Gasteiger partial charge in [0.1, 0.15) is 5.76 Å². The molecule has 0 unspecified atom stereocenters. The maximum Gasteiger partial charge on any atom is 0.251 e. The molecule has 0 radical (unpaired) electrons. The van der Waals surface area contributed by atoms with Gasteiger partial charge in [-0.05, 0) is 36.4 Å². The molecule has 0 saturated carbocycles. The fourth-order valence-corrected chi connectivity index (χ4v) is 4.34. The van der Waals surface area contributed by atoms with Crippen molar-refractivity contribution in [2.45, 2.75) is 13.5 Å². The van der Waals surface area contributed by atoms with Gasteiger partial charge in [0.05, 0.1) is 30.2 Å². The summed E-state index contributed by atoms with van der Waals surface area (Å²) in [5.41, 5.74) is 0.606. The highest BCUT2D eigenvalue weighted by Crippen LogP contribution is 2.28. The molecule has 1 aromatic heterocycles. The Morgan fingerprint density at radius 3 is 2.54 bits per heavy atom. The second-order valence-electron chi connectivity index (χ2n) is 5.59. The lowest BCUT2D eigenvalue weighted by atomic mass is 10.1. The quantitative estimate of drug-likeness (QED) is 0.904. The molecule has 0 bridgehead atoms. The Balaban J connectivity index is 1.73. The summed E-state index contributed by atoms with van der Waals surface area (Å²) in [6, 6.07) is 9.35. The van der Waals surface area contributed by atoms with Gasteiger partial charge in [0, 0.05) is 5.56 Å². The highest BCUT2D eigenvalue weighted by Gasteiger charge is 2.41. The van der Waals surface area contributed by atoms with Crippen molar-refractivity contribution in [3.63, 3.8) is 0 Å². The van der Waals surface area contributed by atoms with E-state index in [0.29, 0.717) is 11.3 Å². The van der Waals surface area contributed by atoms with Crippen molar-refractivity contribution < 1.29 is 22.4 Å². The molecule has 1 aliphatic rings. The molecule has 7 nitrogen and oxygen atoms in total. The topological polar surface area (TPSA) is 96.7 Å².